The summed E-state index contributed by atoms with van der Waals surface area (Å²) in [6.45, 7) is 24.0. The summed E-state index contributed by atoms with van der Waals surface area (Å²) in [5, 5.41) is 0. The number of hydrogen-bond donors (Lipinski definition) is 0. The van der Waals surface area contributed by atoms with Gasteiger partial charge in [-0.3, -0.25) is 4.98 Å². The van der Waals surface area contributed by atoms with Crippen LogP contribution in [0.5, 0.6) is 0 Å². The van der Waals surface area contributed by atoms with Gasteiger partial charge in [-0.15, -0.1) is 0 Å². The Morgan fingerprint density at radius 2 is 0.548 bits per heavy atom. The molecule has 6 heteroatoms. The van der Waals surface area contributed by atoms with Crippen LogP contribution in [0.4, 0.5) is 0 Å². The van der Waals surface area contributed by atoms with E-state index < -0.39 is 0 Å². The number of nitrogens with zero attached hydrogens (tertiary/aromatic N) is 6. The molecule has 0 fully saturated rings. The van der Waals surface area contributed by atoms with Crippen molar-refractivity contribution in [3.8, 4) is 0 Å². The molecule has 0 saturated carbocycles. The third kappa shape index (κ3) is 74.7. The lowest BCUT2D eigenvalue weighted by Gasteiger charge is -1.70. The van der Waals surface area contributed by atoms with Crippen LogP contribution in [0.1, 0.15) is 90.5 Å². The fourth-order valence-electron chi connectivity index (χ4n) is 0.771. The second-order valence-electron chi connectivity index (χ2n) is 2.72. The minimum absolute atomic E-state index is 0. The predicted molar refractivity (Wildman–Crippen MR) is 141 cm³/mol. The molecule has 0 atom stereocenters. The maximum atomic E-state index is 3.78. The van der Waals surface area contributed by atoms with E-state index in [0.717, 1.165) is 0 Å². The van der Waals surface area contributed by atoms with Gasteiger partial charge in [-0.05, 0) is 18.2 Å². The fourth-order valence-corrected chi connectivity index (χ4v) is 0.771. The van der Waals surface area contributed by atoms with Gasteiger partial charge in [-0.2, -0.15) is 0 Å². The Morgan fingerprint density at radius 1 is 0.290 bits per heavy atom. The lowest BCUT2D eigenvalue weighted by atomic mass is 10.5. The van der Waals surface area contributed by atoms with E-state index in [9.17, 15) is 0 Å². The van der Waals surface area contributed by atoms with Crippen LogP contribution in [-0.4, -0.2) is 29.9 Å². The van der Waals surface area contributed by atoms with Crippen molar-refractivity contribution in [3.05, 3.63) is 74.4 Å². The quantitative estimate of drug-likeness (QED) is 0.353. The summed E-state index contributed by atoms with van der Waals surface area (Å²) in [5.74, 6) is 0. The second-order valence-corrected chi connectivity index (χ2v) is 2.72. The molecule has 3 rings (SSSR count). The molecule has 182 valence electrons. The summed E-state index contributed by atoms with van der Waals surface area (Å²) in [6, 6.07) is 7.49. The molecule has 0 aromatic carbocycles. The highest BCUT2D eigenvalue weighted by Gasteiger charge is 1.60. The van der Waals surface area contributed by atoms with Crippen molar-refractivity contribution in [1.29, 1.82) is 0 Å². The topological polar surface area (TPSA) is 77.3 Å². The van der Waals surface area contributed by atoms with Crippen LogP contribution in [0.3, 0.4) is 0 Å². The van der Waals surface area contributed by atoms with Crippen LogP contribution < -0.4 is 0 Å². The lowest BCUT2D eigenvalue weighted by molar-refractivity contribution is 1.05. The van der Waals surface area contributed by atoms with E-state index in [0.29, 0.717) is 0 Å². The van der Waals surface area contributed by atoms with Crippen molar-refractivity contribution in [2.45, 2.75) is 90.5 Å². The minimum Gasteiger partial charge on any atom is -0.265 e. The van der Waals surface area contributed by atoms with Gasteiger partial charge in [0.1, 0.15) is 25.3 Å². The Bertz CT molecular complexity index is 313. The van der Waals surface area contributed by atoms with E-state index in [1.54, 1.807) is 30.9 Å². The zero-order valence-electron chi connectivity index (χ0n) is 21.6. The Kier molecular flexibility index (Phi) is 121. The summed E-state index contributed by atoms with van der Waals surface area (Å²) in [6.07, 6.45) is 12.7. The summed E-state index contributed by atoms with van der Waals surface area (Å²) < 4.78 is 0. The van der Waals surface area contributed by atoms with Crippen molar-refractivity contribution >= 4 is 0 Å². The van der Waals surface area contributed by atoms with Crippen LogP contribution in [0.25, 0.3) is 0 Å². The van der Waals surface area contributed by atoms with Gasteiger partial charge in [0.15, 0.2) is 0 Å². The molecular weight excluding hydrogens is 384 g/mol. The largest absolute Gasteiger partial charge is 0.265 e. The Morgan fingerprint density at radius 3 is 0.645 bits per heavy atom. The molecule has 0 aliphatic heterocycles. The zero-order chi connectivity index (χ0) is 24.7. The van der Waals surface area contributed by atoms with Gasteiger partial charge in [-0.1, -0.05) is 96.6 Å². The fraction of sp³-hybridized carbons (Fsp3) is 0.520. The molecule has 0 aliphatic rings. The van der Waals surface area contributed by atoms with Crippen LogP contribution in [0.15, 0.2) is 74.4 Å². The van der Waals surface area contributed by atoms with Gasteiger partial charge in [0, 0.05) is 24.8 Å². The monoisotopic (exact) mass is 436 g/mol. The van der Waals surface area contributed by atoms with Gasteiger partial charge < -0.3 is 0 Å². The number of aromatic nitrogens is 6. The Labute approximate surface area is 195 Å². The molecule has 0 radical (unpaired) electrons. The highest BCUT2D eigenvalue weighted by atomic mass is 14.9. The average Bonchev–Trinajstić information content (AvgIpc) is 2.95. The van der Waals surface area contributed by atoms with E-state index in [1.165, 1.54) is 25.3 Å². The minimum atomic E-state index is 0. The molecule has 3 aromatic rings. The van der Waals surface area contributed by atoms with Crippen LogP contribution in [0.2, 0.25) is 0 Å². The first-order valence-electron chi connectivity index (χ1n) is 11.1. The third-order valence-electron chi connectivity index (χ3n) is 1.44. The Hall–Kier alpha value is -2.76. The maximum Gasteiger partial charge on any atom is 0.119 e. The highest BCUT2D eigenvalue weighted by Crippen LogP contribution is 1.73. The van der Waals surface area contributed by atoms with E-state index in [2.05, 4.69) is 29.9 Å². The molecule has 0 unspecified atom stereocenters. The number of rotatable bonds is 0. The average molecular weight is 437 g/mol. The molecule has 6 nitrogen and oxygen atoms in total. The van der Waals surface area contributed by atoms with Crippen molar-refractivity contribution in [1.82, 2.24) is 29.9 Å². The molecule has 31 heavy (non-hydrogen) atoms. The first-order valence-corrected chi connectivity index (χ1v) is 11.1. The van der Waals surface area contributed by atoms with Crippen molar-refractivity contribution in [2.24, 2.45) is 0 Å². The van der Waals surface area contributed by atoms with Gasteiger partial charge in [0.05, 0.1) is 0 Å². The van der Waals surface area contributed by atoms with E-state index in [-0.39, 0.29) is 7.43 Å². The Balaban J connectivity index is -0.0000000445. The molecule has 0 N–H and O–H groups in total. The van der Waals surface area contributed by atoms with Crippen molar-refractivity contribution < 1.29 is 0 Å². The summed E-state index contributed by atoms with van der Waals surface area (Å²) in [7, 11) is 0. The summed E-state index contributed by atoms with van der Waals surface area (Å²) >= 11 is 0. The molecule has 3 heterocycles. The van der Waals surface area contributed by atoms with Crippen LogP contribution >= 0.6 is 0 Å². The van der Waals surface area contributed by atoms with E-state index >= 15 is 0 Å². The second kappa shape index (κ2) is 80.8. The predicted octanol–water partition coefficient (Wildman–Crippen LogP) is 8.22. The normalized spacial score (nSPS) is 5.81. The van der Waals surface area contributed by atoms with Gasteiger partial charge in [0.2, 0.25) is 0 Å². The molecule has 0 aliphatic carbocycles. The van der Waals surface area contributed by atoms with Gasteiger partial charge in [0.25, 0.3) is 0 Å². The summed E-state index contributed by atoms with van der Waals surface area (Å²) in [5.41, 5.74) is 0. The number of pyridine rings is 1. The molecular formula is C25H52N6. The maximum absolute atomic E-state index is 3.78. The molecule has 0 spiro atoms. The zero-order valence-corrected chi connectivity index (χ0v) is 21.6. The van der Waals surface area contributed by atoms with Crippen molar-refractivity contribution in [3.63, 3.8) is 0 Å². The van der Waals surface area contributed by atoms with Gasteiger partial charge in [-0.25, -0.2) is 24.9 Å². The van der Waals surface area contributed by atoms with Crippen LogP contribution in [0, 0.1) is 0 Å². The van der Waals surface area contributed by atoms with Crippen LogP contribution in [-0.2, 0) is 0 Å². The lowest BCUT2D eigenvalue weighted by Crippen LogP contribution is -1.73. The smallest absolute Gasteiger partial charge is 0.119 e. The molecule has 0 amide bonds. The molecule has 0 bridgehead atoms. The third-order valence-corrected chi connectivity index (χ3v) is 1.44. The van der Waals surface area contributed by atoms with Crippen molar-refractivity contribution in [2.75, 3.05) is 0 Å². The van der Waals surface area contributed by atoms with Gasteiger partial charge >= 0.3 is 0 Å². The highest BCUT2D eigenvalue weighted by molar-refractivity contribution is 4.88. The SMILES string of the molecule is C.CC.CC.CC.CC.CC.CC.c1ccncc1.c1cncnc1.c1ncncn1. The van der Waals surface area contributed by atoms with E-state index in [1.807, 2.05) is 101 Å². The molecule has 3 aromatic heterocycles. The first-order chi connectivity index (χ1) is 15.0. The standard InChI is InChI=1S/C5H5N.C4H4N2.C3H3N3.6C2H6.CH4/c1-2-4-6-5-3-1;1-2-5-4-6-3-1;1-4-2-6-3-5-1;6*1-2;/h1-5H;1-4H;1-3H;6*1-2H3;1H4. The molecule has 0 saturated heterocycles. The first kappa shape index (κ1) is 46.4. The van der Waals surface area contributed by atoms with E-state index in [4.69, 9.17) is 0 Å². The number of hydrogen-bond acceptors (Lipinski definition) is 6. The summed E-state index contributed by atoms with van der Waals surface area (Å²) in [4.78, 5) is 21.8.